The zero-order valence-electron chi connectivity index (χ0n) is 12.5. The van der Waals surface area contributed by atoms with Crippen molar-refractivity contribution in [1.29, 1.82) is 0 Å². The van der Waals surface area contributed by atoms with Crippen LogP contribution in [-0.2, 0) is 14.4 Å². The predicted octanol–water partition coefficient (Wildman–Crippen LogP) is -1.57. The SMILES string of the molecule is CSCC[C@H](N)C(=O)N[C@@H](CS)C(=O)N[C@H](C(=O)O)[C@@H](C)O. The third-order valence-corrected chi connectivity index (χ3v) is 3.84. The summed E-state index contributed by atoms with van der Waals surface area (Å²) in [5.74, 6) is -1.95. The van der Waals surface area contributed by atoms with E-state index in [1.165, 1.54) is 6.92 Å². The second kappa shape index (κ2) is 10.7. The van der Waals surface area contributed by atoms with Crippen molar-refractivity contribution in [2.75, 3.05) is 17.8 Å². The van der Waals surface area contributed by atoms with Gasteiger partial charge in [-0.3, -0.25) is 9.59 Å². The Morgan fingerprint density at radius 2 is 1.86 bits per heavy atom. The molecule has 0 fully saturated rings. The summed E-state index contributed by atoms with van der Waals surface area (Å²) in [6, 6.07) is -3.25. The van der Waals surface area contributed by atoms with Crippen molar-refractivity contribution in [3.63, 3.8) is 0 Å². The van der Waals surface area contributed by atoms with Gasteiger partial charge in [-0.15, -0.1) is 0 Å². The molecular weight excluding hydrogens is 330 g/mol. The zero-order chi connectivity index (χ0) is 17.3. The summed E-state index contributed by atoms with van der Waals surface area (Å²) in [4.78, 5) is 34.8. The molecule has 0 aromatic rings. The maximum atomic E-state index is 12.0. The lowest BCUT2D eigenvalue weighted by Gasteiger charge is -2.22. The lowest BCUT2D eigenvalue weighted by atomic mass is 10.1. The van der Waals surface area contributed by atoms with Gasteiger partial charge in [-0.2, -0.15) is 24.4 Å². The van der Waals surface area contributed by atoms with Gasteiger partial charge in [-0.1, -0.05) is 0 Å². The highest BCUT2D eigenvalue weighted by molar-refractivity contribution is 7.98. The molecule has 0 rings (SSSR count). The number of carbonyl (C=O) groups excluding carboxylic acids is 2. The summed E-state index contributed by atoms with van der Waals surface area (Å²) < 4.78 is 0. The van der Waals surface area contributed by atoms with Crippen LogP contribution in [0, 0.1) is 0 Å². The fourth-order valence-electron chi connectivity index (χ4n) is 1.49. The number of hydrogen-bond donors (Lipinski definition) is 6. The van der Waals surface area contributed by atoms with Crippen LogP contribution >= 0.6 is 24.4 Å². The van der Waals surface area contributed by atoms with Crippen LogP contribution in [0.25, 0.3) is 0 Å². The first-order valence-corrected chi connectivity index (χ1v) is 8.64. The van der Waals surface area contributed by atoms with Crippen LogP contribution in [-0.4, -0.2) is 70.0 Å². The smallest absolute Gasteiger partial charge is 0.328 e. The Morgan fingerprint density at radius 1 is 1.27 bits per heavy atom. The van der Waals surface area contributed by atoms with Gasteiger partial charge >= 0.3 is 5.97 Å². The number of aliphatic hydroxyl groups excluding tert-OH is 1. The van der Waals surface area contributed by atoms with Crippen LogP contribution in [0.2, 0.25) is 0 Å². The van der Waals surface area contributed by atoms with Gasteiger partial charge in [0.15, 0.2) is 6.04 Å². The molecule has 0 aromatic carbocycles. The number of amides is 2. The fraction of sp³-hybridized carbons (Fsp3) is 0.750. The summed E-state index contributed by atoms with van der Waals surface area (Å²) in [6.07, 6.45) is 1.07. The van der Waals surface area contributed by atoms with Crippen LogP contribution in [0.3, 0.4) is 0 Å². The number of nitrogens with one attached hydrogen (secondary N) is 2. The Labute approximate surface area is 139 Å². The number of carbonyl (C=O) groups is 3. The topological polar surface area (TPSA) is 142 Å². The van der Waals surface area contributed by atoms with Gasteiger partial charge in [-0.05, 0) is 25.4 Å². The van der Waals surface area contributed by atoms with E-state index in [1.54, 1.807) is 11.8 Å². The van der Waals surface area contributed by atoms with Gasteiger partial charge in [0.2, 0.25) is 11.8 Å². The Morgan fingerprint density at radius 3 is 2.27 bits per heavy atom. The zero-order valence-corrected chi connectivity index (χ0v) is 14.2. The minimum atomic E-state index is -1.46. The minimum absolute atomic E-state index is 0.0288. The van der Waals surface area contributed by atoms with Crippen molar-refractivity contribution in [2.45, 2.75) is 37.6 Å². The number of aliphatic hydroxyl groups is 1. The molecule has 0 unspecified atom stereocenters. The molecule has 6 N–H and O–H groups in total. The Bertz CT molecular complexity index is 395. The maximum absolute atomic E-state index is 12.0. The summed E-state index contributed by atoms with van der Waals surface area (Å²) in [7, 11) is 0. The molecule has 10 heteroatoms. The number of thiol groups is 1. The largest absolute Gasteiger partial charge is 0.480 e. The van der Waals surface area contributed by atoms with Crippen molar-refractivity contribution in [3.05, 3.63) is 0 Å². The monoisotopic (exact) mass is 353 g/mol. The Hall–Kier alpha value is -0.970. The molecule has 2 amide bonds. The summed E-state index contributed by atoms with van der Waals surface area (Å²) in [5, 5.41) is 22.8. The van der Waals surface area contributed by atoms with Crippen molar-refractivity contribution < 1.29 is 24.6 Å². The first-order chi connectivity index (χ1) is 10.2. The minimum Gasteiger partial charge on any atom is -0.480 e. The highest BCUT2D eigenvalue weighted by atomic mass is 32.2. The second-order valence-electron chi connectivity index (χ2n) is 4.70. The van der Waals surface area contributed by atoms with Gasteiger partial charge in [0, 0.05) is 5.75 Å². The van der Waals surface area contributed by atoms with E-state index in [0.29, 0.717) is 12.2 Å². The maximum Gasteiger partial charge on any atom is 0.328 e. The average molecular weight is 353 g/mol. The van der Waals surface area contributed by atoms with E-state index in [1.807, 2.05) is 6.26 Å². The molecule has 4 atom stereocenters. The third kappa shape index (κ3) is 7.34. The van der Waals surface area contributed by atoms with Gasteiger partial charge in [0.25, 0.3) is 0 Å². The normalized spacial score (nSPS) is 16.2. The Balaban J connectivity index is 4.65. The van der Waals surface area contributed by atoms with Crippen molar-refractivity contribution >= 4 is 42.2 Å². The number of carboxylic acids is 1. The summed E-state index contributed by atoms with van der Waals surface area (Å²) in [6.45, 7) is 1.24. The highest BCUT2D eigenvalue weighted by Crippen LogP contribution is 2.01. The van der Waals surface area contributed by atoms with Crippen molar-refractivity contribution in [3.8, 4) is 0 Å². The van der Waals surface area contributed by atoms with Crippen molar-refractivity contribution in [1.82, 2.24) is 10.6 Å². The first-order valence-electron chi connectivity index (χ1n) is 6.61. The van der Waals surface area contributed by atoms with E-state index in [9.17, 15) is 19.5 Å². The van der Waals surface area contributed by atoms with Crippen LogP contribution in [0.5, 0.6) is 0 Å². The molecule has 0 aliphatic carbocycles. The van der Waals surface area contributed by atoms with Crippen LogP contribution in [0.4, 0.5) is 0 Å². The molecule has 0 aliphatic rings. The number of nitrogens with two attached hydrogens (primary N) is 1. The van der Waals surface area contributed by atoms with Gasteiger partial charge < -0.3 is 26.6 Å². The molecule has 0 aliphatic heterocycles. The van der Waals surface area contributed by atoms with Crippen molar-refractivity contribution in [2.24, 2.45) is 5.73 Å². The lowest BCUT2D eigenvalue weighted by molar-refractivity contribution is -0.145. The van der Waals surface area contributed by atoms with E-state index >= 15 is 0 Å². The van der Waals surface area contributed by atoms with E-state index in [-0.39, 0.29) is 5.75 Å². The van der Waals surface area contributed by atoms with Gasteiger partial charge in [0.1, 0.15) is 6.04 Å². The first kappa shape index (κ1) is 21.0. The molecule has 128 valence electrons. The van der Waals surface area contributed by atoms with E-state index < -0.39 is 42.0 Å². The number of hydrogen-bond acceptors (Lipinski definition) is 7. The van der Waals surface area contributed by atoms with Crippen LogP contribution in [0.1, 0.15) is 13.3 Å². The summed E-state index contributed by atoms with van der Waals surface area (Å²) >= 11 is 5.51. The lowest BCUT2D eigenvalue weighted by Crippen LogP contribution is -2.57. The van der Waals surface area contributed by atoms with Crippen LogP contribution in [0.15, 0.2) is 0 Å². The molecule has 0 saturated heterocycles. The Kier molecular flexibility index (Phi) is 10.2. The standard InChI is InChI=1S/C12H23N3O5S2/c1-6(16)9(12(19)20)15-11(18)8(5-21)14-10(17)7(13)3-4-22-2/h6-9,16,21H,3-5,13H2,1-2H3,(H,14,17)(H,15,18)(H,19,20)/t6-,7+,8+,9+/m1/s1. The molecule has 0 heterocycles. The van der Waals surface area contributed by atoms with Gasteiger partial charge in [-0.25, -0.2) is 4.79 Å². The highest BCUT2D eigenvalue weighted by Gasteiger charge is 2.29. The fourth-order valence-corrected chi connectivity index (χ4v) is 2.24. The van der Waals surface area contributed by atoms with Crippen LogP contribution < -0.4 is 16.4 Å². The number of thioether (sulfide) groups is 1. The van der Waals surface area contributed by atoms with E-state index in [4.69, 9.17) is 10.8 Å². The molecule has 0 aromatic heterocycles. The molecule has 0 saturated carbocycles. The predicted molar refractivity (Wildman–Crippen MR) is 88.0 cm³/mol. The molecule has 0 radical (unpaired) electrons. The number of carboxylic acid groups (broad SMARTS) is 1. The quantitative estimate of drug-likeness (QED) is 0.261. The number of aliphatic carboxylic acids is 1. The molecule has 0 spiro atoms. The molecule has 8 nitrogen and oxygen atoms in total. The third-order valence-electron chi connectivity index (χ3n) is 2.83. The summed E-state index contributed by atoms with van der Waals surface area (Å²) in [5.41, 5.74) is 5.69. The molecular formula is C12H23N3O5S2. The van der Waals surface area contributed by atoms with E-state index in [0.717, 1.165) is 0 Å². The molecule has 0 bridgehead atoms. The second-order valence-corrected chi connectivity index (χ2v) is 6.05. The number of rotatable bonds is 10. The average Bonchev–Trinajstić information content (AvgIpc) is 2.46. The van der Waals surface area contributed by atoms with Gasteiger partial charge in [0.05, 0.1) is 12.1 Å². The molecule has 22 heavy (non-hydrogen) atoms. The van der Waals surface area contributed by atoms with E-state index in [2.05, 4.69) is 23.3 Å².